The Morgan fingerprint density at radius 3 is 2.80 bits per heavy atom. The van der Waals surface area contributed by atoms with Gasteiger partial charge in [-0.3, -0.25) is 15.2 Å². The number of nitrogens with two attached hydrogens (primary N) is 1. The molecule has 0 saturated heterocycles. The fourth-order valence-electron chi connectivity index (χ4n) is 1.30. The highest BCUT2D eigenvalue weighted by atomic mass is 35.5. The van der Waals surface area contributed by atoms with E-state index in [0.717, 1.165) is 6.07 Å². The average molecular weight is 338 g/mol. The summed E-state index contributed by atoms with van der Waals surface area (Å²) in [6.07, 6.45) is 1.38. The van der Waals surface area contributed by atoms with Gasteiger partial charge in [0.1, 0.15) is 10.0 Å². The molecule has 0 amide bonds. The first kappa shape index (κ1) is 14.7. The van der Waals surface area contributed by atoms with Crippen LogP contribution in [0, 0.1) is 10.1 Å². The monoisotopic (exact) mass is 337 g/mol. The third-order valence-corrected chi connectivity index (χ3v) is 5.52. The first-order chi connectivity index (χ1) is 9.31. The predicted octanol–water partition coefficient (Wildman–Crippen LogP) is 1.09. The van der Waals surface area contributed by atoms with Crippen LogP contribution in [0.3, 0.4) is 0 Å². The van der Waals surface area contributed by atoms with E-state index in [1.807, 2.05) is 0 Å². The molecule has 0 fully saturated rings. The Morgan fingerprint density at radius 2 is 2.30 bits per heavy atom. The highest BCUT2D eigenvalue weighted by molar-refractivity contribution is 7.91. The summed E-state index contributed by atoms with van der Waals surface area (Å²) < 4.78 is 25.8. The number of aromatic amines is 1. The number of anilines is 1. The zero-order valence-electron chi connectivity index (χ0n) is 9.66. The van der Waals surface area contributed by atoms with Gasteiger partial charge >= 0.3 is 0 Å². The van der Waals surface area contributed by atoms with Gasteiger partial charge in [-0.05, 0) is 0 Å². The highest BCUT2D eigenvalue weighted by Gasteiger charge is 2.25. The van der Waals surface area contributed by atoms with E-state index in [-0.39, 0.29) is 20.9 Å². The minimum atomic E-state index is -3.91. The van der Waals surface area contributed by atoms with Crippen molar-refractivity contribution in [3.05, 3.63) is 32.3 Å². The third-order valence-electron chi connectivity index (χ3n) is 2.31. The molecule has 12 heteroatoms. The molecule has 20 heavy (non-hydrogen) atoms. The lowest BCUT2D eigenvalue weighted by atomic mass is 10.3. The average Bonchev–Trinajstić information content (AvgIpc) is 2.93. The van der Waals surface area contributed by atoms with Crippen molar-refractivity contribution in [1.29, 1.82) is 0 Å². The van der Waals surface area contributed by atoms with Gasteiger partial charge in [-0.15, -0.1) is 11.3 Å². The van der Waals surface area contributed by atoms with Crippen LogP contribution in [-0.4, -0.2) is 23.5 Å². The van der Waals surface area contributed by atoms with Gasteiger partial charge in [0.2, 0.25) is 0 Å². The van der Waals surface area contributed by atoms with Crippen LogP contribution < -0.4 is 10.5 Å². The van der Waals surface area contributed by atoms with E-state index in [1.54, 1.807) is 0 Å². The highest BCUT2D eigenvalue weighted by Crippen LogP contribution is 2.36. The molecular weight excluding hydrogens is 330 g/mol. The van der Waals surface area contributed by atoms with Gasteiger partial charge in [-0.2, -0.15) is 5.10 Å². The predicted molar refractivity (Wildman–Crippen MR) is 73.0 cm³/mol. The molecule has 0 radical (unpaired) electrons. The molecule has 2 aromatic rings. The van der Waals surface area contributed by atoms with E-state index in [0.29, 0.717) is 16.9 Å². The molecule has 9 nitrogen and oxygen atoms in total. The molecule has 108 valence electrons. The van der Waals surface area contributed by atoms with Crippen molar-refractivity contribution in [2.75, 3.05) is 5.73 Å². The summed E-state index contributed by atoms with van der Waals surface area (Å²) in [5, 5.41) is 16.7. The number of hydrogen-bond acceptors (Lipinski definition) is 7. The summed E-state index contributed by atoms with van der Waals surface area (Å²) in [5.74, 6) is 0.239. The van der Waals surface area contributed by atoms with Gasteiger partial charge in [0.05, 0.1) is 11.1 Å². The van der Waals surface area contributed by atoms with Crippen molar-refractivity contribution < 1.29 is 13.3 Å². The Hall–Kier alpha value is -1.69. The maximum absolute atomic E-state index is 12.0. The first-order valence-electron chi connectivity index (χ1n) is 5.02. The summed E-state index contributed by atoms with van der Waals surface area (Å²) in [6, 6.07) is 0.911. The van der Waals surface area contributed by atoms with Crippen LogP contribution in [-0.2, 0) is 16.6 Å². The second-order valence-corrected chi connectivity index (χ2v) is 7.26. The second kappa shape index (κ2) is 5.36. The molecule has 0 atom stereocenters. The first-order valence-corrected chi connectivity index (χ1v) is 7.70. The fourth-order valence-corrected chi connectivity index (χ4v) is 4.02. The molecule has 0 aromatic carbocycles. The lowest BCUT2D eigenvalue weighted by Gasteiger charge is -2.03. The lowest BCUT2D eigenvalue weighted by Crippen LogP contribution is -2.22. The number of thiophene rings is 1. The summed E-state index contributed by atoms with van der Waals surface area (Å²) in [7, 11) is -3.91. The van der Waals surface area contributed by atoms with Crippen molar-refractivity contribution in [1.82, 2.24) is 14.9 Å². The number of rotatable bonds is 5. The molecule has 2 rings (SSSR count). The summed E-state index contributed by atoms with van der Waals surface area (Å²) in [4.78, 5) is 9.89. The molecule has 0 saturated carbocycles. The van der Waals surface area contributed by atoms with Gasteiger partial charge in [-0.1, -0.05) is 11.6 Å². The molecule has 2 heterocycles. The van der Waals surface area contributed by atoms with Crippen molar-refractivity contribution in [2.45, 2.75) is 10.8 Å². The number of hydrogen-bond donors (Lipinski definition) is 3. The quantitative estimate of drug-likeness (QED) is 0.550. The topological polar surface area (TPSA) is 144 Å². The van der Waals surface area contributed by atoms with E-state index >= 15 is 0 Å². The summed E-state index contributed by atoms with van der Waals surface area (Å²) in [5.41, 5.74) is 5.53. The van der Waals surface area contributed by atoms with Crippen LogP contribution >= 0.6 is 22.9 Å². The van der Waals surface area contributed by atoms with Crippen LogP contribution in [0.4, 0.5) is 11.5 Å². The fraction of sp³-hybridized carbons (Fsp3) is 0.125. The second-order valence-electron chi connectivity index (χ2n) is 3.61. The number of sulfonamides is 1. The number of H-pyrrole nitrogens is 1. The Morgan fingerprint density at radius 1 is 1.60 bits per heavy atom. The van der Waals surface area contributed by atoms with Gasteiger partial charge in [0.15, 0.2) is 4.34 Å². The zero-order valence-corrected chi connectivity index (χ0v) is 12.0. The number of nitrogen functional groups attached to an aromatic ring is 1. The number of nitro groups is 1. The minimum absolute atomic E-state index is 0.0893. The van der Waals surface area contributed by atoms with Crippen molar-refractivity contribution in [3.63, 3.8) is 0 Å². The molecule has 0 aliphatic heterocycles. The van der Waals surface area contributed by atoms with Crippen molar-refractivity contribution >= 4 is 44.5 Å². The Labute approximate surface area is 121 Å². The van der Waals surface area contributed by atoms with Crippen LogP contribution in [0.2, 0.25) is 4.34 Å². The third kappa shape index (κ3) is 2.90. The Balaban J connectivity index is 2.20. The standard InChI is InChI=1S/C8H8ClN5O4S2/c9-7-5(14(15)16)1-6(19-7)20(17,18)12-3-4-2-11-13-8(4)10/h1-2,12H,3H2,(H3,10,11,13). The number of nitrogens with one attached hydrogen (secondary N) is 2. The van der Waals surface area contributed by atoms with Crippen LogP contribution in [0.25, 0.3) is 0 Å². The van der Waals surface area contributed by atoms with Crippen molar-refractivity contribution in [3.8, 4) is 0 Å². The Kier molecular flexibility index (Phi) is 3.94. The van der Waals surface area contributed by atoms with E-state index in [9.17, 15) is 18.5 Å². The molecule has 0 bridgehead atoms. The molecule has 2 aromatic heterocycles. The maximum Gasteiger partial charge on any atom is 0.300 e. The SMILES string of the molecule is Nc1[nH]ncc1CNS(=O)(=O)c1cc([N+](=O)[O-])c(Cl)s1. The Bertz CT molecular complexity index is 753. The number of aromatic nitrogens is 2. The van der Waals surface area contributed by atoms with Gasteiger partial charge in [-0.25, -0.2) is 13.1 Å². The molecule has 0 aliphatic rings. The van der Waals surface area contributed by atoms with Gasteiger partial charge < -0.3 is 5.73 Å². The van der Waals surface area contributed by atoms with E-state index in [1.165, 1.54) is 6.20 Å². The molecule has 0 aliphatic carbocycles. The van der Waals surface area contributed by atoms with E-state index < -0.39 is 20.6 Å². The van der Waals surface area contributed by atoms with Crippen LogP contribution in [0.15, 0.2) is 16.5 Å². The van der Waals surface area contributed by atoms with E-state index in [4.69, 9.17) is 17.3 Å². The van der Waals surface area contributed by atoms with E-state index in [2.05, 4.69) is 14.9 Å². The van der Waals surface area contributed by atoms with Crippen molar-refractivity contribution in [2.24, 2.45) is 0 Å². The zero-order chi connectivity index (χ0) is 14.9. The summed E-state index contributed by atoms with van der Waals surface area (Å²) >= 11 is 6.23. The number of nitrogens with zero attached hydrogens (tertiary/aromatic N) is 2. The van der Waals surface area contributed by atoms with Crippen LogP contribution in [0.1, 0.15) is 5.56 Å². The molecule has 0 spiro atoms. The molecular formula is C8H8ClN5O4S2. The van der Waals surface area contributed by atoms with Gasteiger partial charge in [0.25, 0.3) is 15.7 Å². The van der Waals surface area contributed by atoms with Gasteiger partial charge in [0, 0.05) is 18.2 Å². The number of halogens is 1. The lowest BCUT2D eigenvalue weighted by molar-refractivity contribution is -0.384. The smallest absolute Gasteiger partial charge is 0.300 e. The normalized spacial score (nSPS) is 11.7. The van der Waals surface area contributed by atoms with Crippen LogP contribution in [0.5, 0.6) is 0 Å². The molecule has 4 N–H and O–H groups in total. The minimum Gasteiger partial charge on any atom is -0.384 e. The largest absolute Gasteiger partial charge is 0.384 e. The maximum atomic E-state index is 12.0. The summed E-state index contributed by atoms with van der Waals surface area (Å²) in [6.45, 7) is -0.0893. The molecule has 0 unspecified atom stereocenters.